The van der Waals surface area contributed by atoms with Crippen LogP contribution in [0.3, 0.4) is 0 Å². The lowest BCUT2D eigenvalue weighted by Gasteiger charge is -2.43. The molecule has 0 heterocycles. The third-order valence-corrected chi connectivity index (χ3v) is 4.60. The second-order valence-electron chi connectivity index (χ2n) is 6.17. The first kappa shape index (κ1) is 15.5. The summed E-state index contributed by atoms with van der Waals surface area (Å²) < 4.78 is 13.0. The zero-order valence-electron chi connectivity index (χ0n) is 13.2. The van der Waals surface area contributed by atoms with E-state index in [0.29, 0.717) is 0 Å². The maximum Gasteiger partial charge on any atom is 0.315 e. The fourth-order valence-corrected chi connectivity index (χ4v) is 3.06. The van der Waals surface area contributed by atoms with Gasteiger partial charge in [-0.15, -0.1) is 0 Å². The molecule has 3 rings (SSSR count). The van der Waals surface area contributed by atoms with Crippen molar-refractivity contribution in [3.8, 4) is 0 Å². The normalized spacial score (nSPS) is 17.0. The van der Waals surface area contributed by atoms with E-state index in [1.165, 1.54) is 12.1 Å². The number of halogens is 1. The average molecular weight is 312 g/mol. The van der Waals surface area contributed by atoms with E-state index >= 15 is 0 Å². The molecular formula is C19H21FN2O. The number of rotatable bonds is 4. The summed E-state index contributed by atoms with van der Waals surface area (Å²) in [6.07, 6.45) is 3.02. The first-order valence-electron chi connectivity index (χ1n) is 7.99. The van der Waals surface area contributed by atoms with E-state index in [1.54, 1.807) is 12.1 Å². The van der Waals surface area contributed by atoms with Crippen molar-refractivity contribution in [2.75, 3.05) is 0 Å². The van der Waals surface area contributed by atoms with Crippen LogP contribution in [-0.2, 0) is 5.54 Å². The van der Waals surface area contributed by atoms with Crippen LogP contribution >= 0.6 is 0 Å². The summed E-state index contributed by atoms with van der Waals surface area (Å²) >= 11 is 0. The molecule has 2 aromatic carbocycles. The molecule has 0 bridgehead atoms. The zero-order chi connectivity index (χ0) is 16.3. The summed E-state index contributed by atoms with van der Waals surface area (Å²) in [5.74, 6) is -0.275. The van der Waals surface area contributed by atoms with Gasteiger partial charge in [-0.25, -0.2) is 9.18 Å². The third-order valence-electron chi connectivity index (χ3n) is 4.60. The predicted molar refractivity (Wildman–Crippen MR) is 88.5 cm³/mol. The van der Waals surface area contributed by atoms with Crippen molar-refractivity contribution in [1.29, 1.82) is 0 Å². The first-order valence-corrected chi connectivity index (χ1v) is 7.99. The van der Waals surface area contributed by atoms with Crippen LogP contribution in [-0.4, -0.2) is 6.03 Å². The van der Waals surface area contributed by atoms with Crippen LogP contribution < -0.4 is 10.6 Å². The van der Waals surface area contributed by atoms with Crippen molar-refractivity contribution in [1.82, 2.24) is 10.6 Å². The van der Waals surface area contributed by atoms with Gasteiger partial charge in [0.25, 0.3) is 0 Å². The Hall–Kier alpha value is -2.36. The maximum absolute atomic E-state index is 13.0. The molecule has 120 valence electrons. The molecule has 0 unspecified atom stereocenters. The SMILES string of the molecule is C[C@H](NC(=O)NC1(c2ccccc2)CCC1)c1ccc(F)cc1. The van der Waals surface area contributed by atoms with Gasteiger partial charge in [-0.05, 0) is 49.4 Å². The quantitative estimate of drug-likeness (QED) is 0.870. The number of carbonyl (C=O) groups is 1. The van der Waals surface area contributed by atoms with Crippen LogP contribution in [0.5, 0.6) is 0 Å². The topological polar surface area (TPSA) is 41.1 Å². The predicted octanol–water partition coefficient (Wildman–Crippen LogP) is 4.27. The lowest BCUT2D eigenvalue weighted by molar-refractivity contribution is 0.175. The summed E-state index contributed by atoms with van der Waals surface area (Å²) in [6, 6.07) is 15.9. The van der Waals surface area contributed by atoms with Crippen molar-refractivity contribution in [3.05, 3.63) is 71.5 Å². The fourth-order valence-electron chi connectivity index (χ4n) is 3.06. The van der Waals surface area contributed by atoms with Gasteiger partial charge in [-0.3, -0.25) is 0 Å². The Bertz CT molecular complexity index is 666. The molecule has 2 N–H and O–H groups in total. The van der Waals surface area contributed by atoms with E-state index in [1.807, 2.05) is 25.1 Å². The van der Waals surface area contributed by atoms with E-state index in [-0.39, 0.29) is 23.4 Å². The summed E-state index contributed by atoms with van der Waals surface area (Å²) in [4.78, 5) is 12.4. The fraction of sp³-hybridized carbons (Fsp3) is 0.316. The van der Waals surface area contributed by atoms with Crippen LogP contribution in [0.1, 0.15) is 43.4 Å². The molecule has 1 aliphatic carbocycles. The van der Waals surface area contributed by atoms with Crippen LogP contribution in [0.15, 0.2) is 54.6 Å². The molecule has 1 atom stereocenters. The van der Waals surface area contributed by atoms with Gasteiger partial charge in [0, 0.05) is 0 Å². The van der Waals surface area contributed by atoms with E-state index in [0.717, 1.165) is 30.4 Å². The number of nitrogens with one attached hydrogen (secondary N) is 2. The van der Waals surface area contributed by atoms with Gasteiger partial charge in [-0.1, -0.05) is 42.5 Å². The lowest BCUT2D eigenvalue weighted by Crippen LogP contribution is -2.54. The van der Waals surface area contributed by atoms with E-state index in [2.05, 4.69) is 22.8 Å². The zero-order valence-corrected chi connectivity index (χ0v) is 13.2. The molecule has 0 radical (unpaired) electrons. The third kappa shape index (κ3) is 3.36. The van der Waals surface area contributed by atoms with Crippen LogP contribution in [0, 0.1) is 5.82 Å². The molecular weight excluding hydrogens is 291 g/mol. The highest BCUT2D eigenvalue weighted by atomic mass is 19.1. The molecule has 2 amide bonds. The van der Waals surface area contributed by atoms with Crippen LogP contribution in [0.4, 0.5) is 9.18 Å². The number of carbonyl (C=O) groups excluding carboxylic acids is 1. The molecule has 0 aromatic heterocycles. The Morgan fingerprint density at radius 1 is 1.09 bits per heavy atom. The second-order valence-corrected chi connectivity index (χ2v) is 6.17. The van der Waals surface area contributed by atoms with Gasteiger partial charge in [0.15, 0.2) is 0 Å². The van der Waals surface area contributed by atoms with E-state index in [4.69, 9.17) is 0 Å². The van der Waals surface area contributed by atoms with Gasteiger partial charge < -0.3 is 10.6 Å². The lowest BCUT2D eigenvalue weighted by atomic mass is 9.72. The van der Waals surface area contributed by atoms with Crippen molar-refractivity contribution in [2.45, 2.75) is 37.8 Å². The molecule has 1 fully saturated rings. The molecule has 0 aliphatic heterocycles. The highest BCUT2D eigenvalue weighted by molar-refractivity contribution is 5.75. The molecule has 4 heteroatoms. The Morgan fingerprint density at radius 3 is 2.30 bits per heavy atom. The van der Waals surface area contributed by atoms with E-state index in [9.17, 15) is 9.18 Å². The molecule has 1 saturated carbocycles. The Morgan fingerprint density at radius 2 is 1.74 bits per heavy atom. The van der Waals surface area contributed by atoms with Crippen molar-refractivity contribution in [2.24, 2.45) is 0 Å². The summed E-state index contributed by atoms with van der Waals surface area (Å²) in [5.41, 5.74) is 1.77. The van der Waals surface area contributed by atoms with Gasteiger partial charge in [0.2, 0.25) is 0 Å². The Balaban J connectivity index is 1.65. The van der Waals surface area contributed by atoms with Crippen molar-refractivity contribution >= 4 is 6.03 Å². The number of amides is 2. The second kappa shape index (κ2) is 6.41. The van der Waals surface area contributed by atoms with Crippen LogP contribution in [0.2, 0.25) is 0 Å². The van der Waals surface area contributed by atoms with Gasteiger partial charge in [0.1, 0.15) is 5.82 Å². The largest absolute Gasteiger partial charge is 0.332 e. The smallest absolute Gasteiger partial charge is 0.315 e. The summed E-state index contributed by atoms with van der Waals surface area (Å²) in [6.45, 7) is 1.89. The average Bonchev–Trinajstić information content (AvgIpc) is 2.52. The van der Waals surface area contributed by atoms with Gasteiger partial charge in [0.05, 0.1) is 11.6 Å². The number of hydrogen-bond acceptors (Lipinski definition) is 1. The van der Waals surface area contributed by atoms with Crippen molar-refractivity contribution < 1.29 is 9.18 Å². The monoisotopic (exact) mass is 312 g/mol. The minimum atomic E-state index is -0.275. The Labute approximate surface area is 135 Å². The minimum absolute atomic E-state index is 0.177. The van der Waals surface area contributed by atoms with Crippen molar-refractivity contribution in [3.63, 3.8) is 0 Å². The van der Waals surface area contributed by atoms with Gasteiger partial charge >= 0.3 is 6.03 Å². The molecule has 0 spiro atoms. The van der Waals surface area contributed by atoms with Gasteiger partial charge in [-0.2, -0.15) is 0 Å². The summed E-state index contributed by atoms with van der Waals surface area (Å²) in [7, 11) is 0. The standard InChI is InChI=1S/C19H21FN2O/c1-14(15-8-10-17(20)11-9-15)21-18(23)22-19(12-5-13-19)16-6-3-2-4-7-16/h2-4,6-11,14H,5,12-13H2,1H3,(H2,21,22,23)/t14-/m0/s1. The molecule has 23 heavy (non-hydrogen) atoms. The molecule has 1 aliphatic rings. The van der Waals surface area contributed by atoms with Crippen LogP contribution in [0.25, 0.3) is 0 Å². The number of hydrogen-bond donors (Lipinski definition) is 2. The summed E-state index contributed by atoms with van der Waals surface area (Å²) in [5, 5.41) is 6.07. The molecule has 3 nitrogen and oxygen atoms in total. The minimum Gasteiger partial charge on any atom is -0.332 e. The highest BCUT2D eigenvalue weighted by Gasteiger charge is 2.40. The number of urea groups is 1. The molecule has 2 aromatic rings. The maximum atomic E-state index is 13.0. The number of benzene rings is 2. The highest BCUT2D eigenvalue weighted by Crippen LogP contribution is 2.41. The van der Waals surface area contributed by atoms with E-state index < -0.39 is 0 Å². The molecule has 0 saturated heterocycles. The first-order chi connectivity index (χ1) is 11.1. The Kier molecular flexibility index (Phi) is 4.33.